The first-order valence-electron chi connectivity index (χ1n) is 9.00. The highest BCUT2D eigenvalue weighted by Crippen LogP contribution is 2.36. The molecule has 2 aromatic rings. The molecule has 1 aliphatic heterocycles. The van der Waals surface area contributed by atoms with Gasteiger partial charge in [-0.2, -0.15) is 0 Å². The van der Waals surface area contributed by atoms with Crippen LogP contribution in [0, 0.1) is 5.82 Å². The predicted octanol–water partition coefficient (Wildman–Crippen LogP) is 3.39. The Morgan fingerprint density at radius 3 is 2.50 bits per heavy atom. The maximum atomic E-state index is 13.2. The van der Waals surface area contributed by atoms with Crippen molar-refractivity contribution in [3.63, 3.8) is 0 Å². The standard InChI is InChI=1S/C20H23FN2O4S/c1-12-8-23(9-13(2)27-12)10-17(24)22-19-18(20(25)26-3)16(11-28-19)14-4-6-15(21)7-5-14/h4-7,11-13H,8-10H2,1-3H3,(H,22,24). The molecule has 28 heavy (non-hydrogen) atoms. The molecule has 2 atom stereocenters. The first-order valence-corrected chi connectivity index (χ1v) is 9.88. The van der Waals surface area contributed by atoms with Gasteiger partial charge >= 0.3 is 5.97 Å². The molecule has 1 fully saturated rings. The number of methoxy groups -OCH3 is 1. The molecule has 3 rings (SSSR count). The lowest BCUT2D eigenvalue weighted by atomic mass is 10.0. The molecule has 1 saturated heterocycles. The lowest BCUT2D eigenvalue weighted by Gasteiger charge is -2.34. The number of nitrogens with zero attached hydrogens (tertiary/aromatic N) is 1. The molecular formula is C20H23FN2O4S. The Kier molecular flexibility index (Phi) is 6.43. The Morgan fingerprint density at radius 1 is 1.25 bits per heavy atom. The van der Waals surface area contributed by atoms with Crippen molar-refractivity contribution >= 4 is 28.2 Å². The minimum atomic E-state index is -0.551. The smallest absolute Gasteiger partial charge is 0.341 e. The van der Waals surface area contributed by atoms with Gasteiger partial charge in [0.15, 0.2) is 0 Å². The van der Waals surface area contributed by atoms with Crippen molar-refractivity contribution in [1.29, 1.82) is 0 Å². The Labute approximate surface area is 167 Å². The van der Waals surface area contributed by atoms with Gasteiger partial charge in [-0.1, -0.05) is 12.1 Å². The Bertz CT molecular complexity index is 842. The van der Waals surface area contributed by atoms with Gasteiger partial charge in [0.05, 0.1) is 25.9 Å². The number of halogens is 1. The van der Waals surface area contributed by atoms with Crippen LogP contribution < -0.4 is 5.32 Å². The first-order chi connectivity index (χ1) is 13.4. The van der Waals surface area contributed by atoms with Crippen LogP contribution in [-0.4, -0.2) is 55.7 Å². The van der Waals surface area contributed by atoms with E-state index < -0.39 is 5.97 Å². The molecule has 0 bridgehead atoms. The van der Waals surface area contributed by atoms with Crippen molar-refractivity contribution in [2.24, 2.45) is 0 Å². The summed E-state index contributed by atoms with van der Waals surface area (Å²) in [5.41, 5.74) is 1.55. The number of ether oxygens (including phenoxy) is 2. The van der Waals surface area contributed by atoms with E-state index in [9.17, 15) is 14.0 Å². The number of benzene rings is 1. The fraction of sp³-hybridized carbons (Fsp3) is 0.400. The fourth-order valence-corrected chi connectivity index (χ4v) is 4.35. The third-order valence-electron chi connectivity index (χ3n) is 4.45. The van der Waals surface area contributed by atoms with Crippen LogP contribution in [0.15, 0.2) is 29.6 Å². The first kappa shape index (κ1) is 20.4. The zero-order valence-corrected chi connectivity index (χ0v) is 16.8. The average molecular weight is 406 g/mol. The molecule has 0 aliphatic carbocycles. The zero-order valence-electron chi connectivity index (χ0n) is 16.0. The van der Waals surface area contributed by atoms with Crippen molar-refractivity contribution in [3.05, 3.63) is 41.0 Å². The molecule has 1 aromatic heterocycles. The number of hydrogen-bond donors (Lipinski definition) is 1. The maximum Gasteiger partial charge on any atom is 0.341 e. The summed E-state index contributed by atoms with van der Waals surface area (Å²) in [7, 11) is 1.29. The fourth-order valence-electron chi connectivity index (χ4n) is 3.38. The number of nitrogens with one attached hydrogen (secondary N) is 1. The highest BCUT2D eigenvalue weighted by Gasteiger charge is 2.26. The molecule has 1 aromatic carbocycles. The summed E-state index contributed by atoms with van der Waals surface area (Å²) in [6, 6.07) is 5.83. The van der Waals surface area contributed by atoms with Gasteiger partial charge < -0.3 is 14.8 Å². The van der Waals surface area contributed by atoms with Crippen LogP contribution in [0.1, 0.15) is 24.2 Å². The molecule has 1 amide bonds. The third-order valence-corrected chi connectivity index (χ3v) is 5.35. The summed E-state index contributed by atoms with van der Waals surface area (Å²) in [6.45, 7) is 5.51. The van der Waals surface area contributed by atoms with Gasteiger partial charge in [-0.15, -0.1) is 11.3 Å². The van der Waals surface area contributed by atoms with Crippen LogP contribution in [0.25, 0.3) is 11.1 Å². The molecular weight excluding hydrogens is 383 g/mol. The third kappa shape index (κ3) is 4.76. The second-order valence-electron chi connectivity index (χ2n) is 6.85. The van der Waals surface area contributed by atoms with Gasteiger partial charge in [0, 0.05) is 24.0 Å². The molecule has 8 heteroatoms. The van der Waals surface area contributed by atoms with Crippen LogP contribution in [0.4, 0.5) is 9.39 Å². The number of thiophene rings is 1. The second kappa shape index (κ2) is 8.81. The number of carbonyl (C=O) groups is 2. The van der Waals surface area contributed by atoms with E-state index in [0.717, 1.165) is 0 Å². The van der Waals surface area contributed by atoms with Gasteiger partial charge in [0.2, 0.25) is 5.91 Å². The minimum Gasteiger partial charge on any atom is -0.465 e. The number of hydrogen-bond acceptors (Lipinski definition) is 6. The van der Waals surface area contributed by atoms with E-state index in [-0.39, 0.29) is 36.0 Å². The second-order valence-corrected chi connectivity index (χ2v) is 7.73. The van der Waals surface area contributed by atoms with Gasteiger partial charge in [-0.25, -0.2) is 9.18 Å². The van der Waals surface area contributed by atoms with Crippen LogP contribution >= 0.6 is 11.3 Å². The van der Waals surface area contributed by atoms with E-state index in [1.807, 2.05) is 18.7 Å². The van der Waals surface area contributed by atoms with Crippen molar-refractivity contribution in [2.75, 3.05) is 32.1 Å². The number of morpholine rings is 1. The van der Waals surface area contributed by atoms with Gasteiger partial charge in [-0.3, -0.25) is 9.69 Å². The molecule has 0 saturated carbocycles. The summed E-state index contributed by atoms with van der Waals surface area (Å²) in [5, 5.41) is 5.01. The lowest BCUT2D eigenvalue weighted by Crippen LogP contribution is -2.48. The molecule has 2 unspecified atom stereocenters. The van der Waals surface area contributed by atoms with Crippen molar-refractivity contribution < 1.29 is 23.5 Å². The van der Waals surface area contributed by atoms with Crippen LogP contribution in [-0.2, 0) is 14.3 Å². The van der Waals surface area contributed by atoms with Crippen molar-refractivity contribution in [1.82, 2.24) is 4.90 Å². The molecule has 1 aliphatic rings. The number of rotatable bonds is 5. The Hall–Kier alpha value is -2.29. The van der Waals surface area contributed by atoms with Gasteiger partial charge in [-0.05, 0) is 31.5 Å². The summed E-state index contributed by atoms with van der Waals surface area (Å²) in [4.78, 5) is 26.9. The van der Waals surface area contributed by atoms with Gasteiger partial charge in [0.25, 0.3) is 0 Å². The molecule has 1 N–H and O–H groups in total. The van der Waals surface area contributed by atoms with E-state index in [2.05, 4.69) is 5.32 Å². The maximum absolute atomic E-state index is 13.2. The number of carbonyl (C=O) groups excluding carboxylic acids is 2. The van der Waals surface area contributed by atoms with Crippen LogP contribution in [0.5, 0.6) is 0 Å². The number of anilines is 1. The van der Waals surface area contributed by atoms with Gasteiger partial charge in [0.1, 0.15) is 16.4 Å². The number of amides is 1. The Morgan fingerprint density at radius 2 is 1.89 bits per heavy atom. The monoisotopic (exact) mass is 406 g/mol. The summed E-state index contributed by atoms with van der Waals surface area (Å²) >= 11 is 1.24. The molecule has 2 heterocycles. The van der Waals surface area contributed by atoms with E-state index in [1.165, 1.54) is 30.6 Å². The molecule has 6 nitrogen and oxygen atoms in total. The van der Waals surface area contributed by atoms with Crippen LogP contribution in [0.2, 0.25) is 0 Å². The highest BCUT2D eigenvalue weighted by atomic mass is 32.1. The Balaban J connectivity index is 1.78. The number of esters is 1. The van der Waals surface area contributed by atoms with Crippen molar-refractivity contribution in [2.45, 2.75) is 26.1 Å². The summed E-state index contributed by atoms with van der Waals surface area (Å²) < 4.78 is 23.8. The molecule has 0 spiro atoms. The largest absolute Gasteiger partial charge is 0.465 e. The quantitative estimate of drug-likeness (QED) is 0.771. The molecule has 0 radical (unpaired) electrons. The summed E-state index contributed by atoms with van der Waals surface area (Å²) in [5.74, 6) is -1.12. The normalized spacial score (nSPS) is 20.0. The SMILES string of the molecule is COC(=O)c1c(-c2ccc(F)cc2)csc1NC(=O)CN1CC(C)OC(C)C1. The minimum absolute atomic E-state index is 0.0639. The lowest BCUT2D eigenvalue weighted by molar-refractivity contribution is -0.121. The summed E-state index contributed by atoms with van der Waals surface area (Å²) in [6.07, 6.45) is 0.128. The van der Waals surface area contributed by atoms with E-state index in [1.54, 1.807) is 17.5 Å². The van der Waals surface area contributed by atoms with Crippen LogP contribution in [0.3, 0.4) is 0 Å². The highest BCUT2D eigenvalue weighted by molar-refractivity contribution is 7.15. The average Bonchev–Trinajstić information content (AvgIpc) is 3.04. The molecule has 150 valence electrons. The predicted molar refractivity (Wildman–Crippen MR) is 106 cm³/mol. The zero-order chi connectivity index (χ0) is 20.3. The van der Waals surface area contributed by atoms with E-state index in [0.29, 0.717) is 29.2 Å². The topological polar surface area (TPSA) is 67.9 Å². The van der Waals surface area contributed by atoms with E-state index >= 15 is 0 Å². The van der Waals surface area contributed by atoms with E-state index in [4.69, 9.17) is 9.47 Å². The van der Waals surface area contributed by atoms with Crippen molar-refractivity contribution in [3.8, 4) is 11.1 Å².